The fourth-order valence-electron chi connectivity index (χ4n) is 2.46. The van der Waals surface area contributed by atoms with Gasteiger partial charge in [0.2, 0.25) is 12.0 Å². The fourth-order valence-corrected chi connectivity index (χ4v) is 3.62. The van der Waals surface area contributed by atoms with E-state index in [1.165, 1.54) is 11.3 Å². The molecule has 0 saturated heterocycles. The molecule has 2 heterocycles. The number of rotatable bonds is 7. The second kappa shape index (κ2) is 9.21. The maximum Gasteiger partial charge on any atom is 0.264 e. The highest BCUT2D eigenvalue weighted by atomic mass is 35.5. The highest BCUT2D eigenvalue weighted by Crippen LogP contribution is 2.26. The van der Waals surface area contributed by atoms with Gasteiger partial charge in [0.15, 0.2) is 0 Å². The van der Waals surface area contributed by atoms with Crippen LogP contribution in [0.1, 0.15) is 24.1 Å². The molecular formula is C18H17Cl2N3O3S. The summed E-state index contributed by atoms with van der Waals surface area (Å²) < 4.78 is 0.664. The summed E-state index contributed by atoms with van der Waals surface area (Å²) in [4.78, 5) is 30.1. The molecule has 27 heavy (non-hydrogen) atoms. The number of nitrogens with zero attached hydrogens (tertiary/aromatic N) is 1. The lowest BCUT2D eigenvalue weighted by Gasteiger charge is -2.09. The van der Waals surface area contributed by atoms with Crippen LogP contribution in [-0.4, -0.2) is 30.2 Å². The third-order valence-corrected chi connectivity index (χ3v) is 5.36. The van der Waals surface area contributed by atoms with Crippen molar-refractivity contribution >= 4 is 57.8 Å². The SMILES string of the molecule is O=C(CCCNC(=O)C1CC(c2ccc(Cl)s2)=NO1)Nc1ccc(Cl)cc1. The predicted molar refractivity (Wildman–Crippen MR) is 108 cm³/mol. The quantitative estimate of drug-likeness (QED) is 0.655. The molecule has 2 aromatic rings. The molecule has 1 aliphatic rings. The Morgan fingerprint density at radius 1 is 1.19 bits per heavy atom. The van der Waals surface area contributed by atoms with Gasteiger partial charge < -0.3 is 15.5 Å². The van der Waals surface area contributed by atoms with Crippen LogP contribution in [0.3, 0.4) is 0 Å². The number of hydrogen-bond acceptors (Lipinski definition) is 5. The molecule has 9 heteroatoms. The maximum absolute atomic E-state index is 12.1. The summed E-state index contributed by atoms with van der Waals surface area (Å²) in [6.45, 7) is 0.382. The van der Waals surface area contributed by atoms with Crippen molar-refractivity contribution in [3.63, 3.8) is 0 Å². The standard InChI is InChI=1S/C18H17Cl2N3O3S/c19-11-3-5-12(6-4-11)22-17(24)2-1-9-21-18(25)14-10-13(23-26-14)15-7-8-16(20)27-15/h3-8,14H,1-2,9-10H2,(H,21,25)(H,22,24). The fraction of sp³-hybridized carbons (Fsp3) is 0.278. The summed E-state index contributed by atoms with van der Waals surface area (Å²) in [7, 11) is 0. The summed E-state index contributed by atoms with van der Waals surface area (Å²) in [5.41, 5.74) is 1.40. The van der Waals surface area contributed by atoms with Crippen molar-refractivity contribution in [3.8, 4) is 0 Å². The minimum Gasteiger partial charge on any atom is -0.382 e. The van der Waals surface area contributed by atoms with Crippen molar-refractivity contribution in [2.24, 2.45) is 5.16 Å². The summed E-state index contributed by atoms with van der Waals surface area (Å²) in [5.74, 6) is -0.363. The molecule has 1 aromatic heterocycles. The minimum absolute atomic E-state index is 0.121. The van der Waals surface area contributed by atoms with Crippen LogP contribution in [0.25, 0.3) is 0 Å². The number of amides is 2. The van der Waals surface area contributed by atoms with E-state index in [9.17, 15) is 9.59 Å². The first kappa shape index (κ1) is 19.7. The Hall–Kier alpha value is -2.09. The number of carbonyl (C=O) groups excluding carboxylic acids is 2. The van der Waals surface area contributed by atoms with E-state index in [0.29, 0.717) is 40.9 Å². The van der Waals surface area contributed by atoms with Crippen molar-refractivity contribution in [1.29, 1.82) is 0 Å². The zero-order chi connectivity index (χ0) is 19.2. The predicted octanol–water partition coefficient (Wildman–Crippen LogP) is 4.08. The zero-order valence-corrected chi connectivity index (χ0v) is 16.5. The molecule has 2 amide bonds. The van der Waals surface area contributed by atoms with Crippen molar-refractivity contribution < 1.29 is 14.4 Å². The number of hydrogen-bond donors (Lipinski definition) is 2. The number of carbonyl (C=O) groups is 2. The summed E-state index contributed by atoms with van der Waals surface area (Å²) in [5, 5.41) is 10.1. The Bertz CT molecular complexity index is 852. The Morgan fingerprint density at radius 3 is 2.67 bits per heavy atom. The van der Waals surface area contributed by atoms with Gasteiger partial charge in [0, 0.05) is 30.1 Å². The maximum atomic E-state index is 12.1. The van der Waals surface area contributed by atoms with Gasteiger partial charge in [-0.2, -0.15) is 0 Å². The van der Waals surface area contributed by atoms with Gasteiger partial charge in [-0.05, 0) is 42.8 Å². The first-order valence-electron chi connectivity index (χ1n) is 8.33. The third-order valence-electron chi connectivity index (χ3n) is 3.83. The highest BCUT2D eigenvalue weighted by Gasteiger charge is 2.29. The van der Waals surface area contributed by atoms with Crippen LogP contribution in [0.15, 0.2) is 41.6 Å². The van der Waals surface area contributed by atoms with Crippen molar-refractivity contribution in [2.75, 3.05) is 11.9 Å². The minimum atomic E-state index is -0.649. The van der Waals surface area contributed by atoms with Gasteiger partial charge in [-0.1, -0.05) is 28.4 Å². The molecule has 1 aromatic carbocycles. The lowest BCUT2D eigenvalue weighted by molar-refractivity contribution is -0.131. The van der Waals surface area contributed by atoms with Crippen LogP contribution in [-0.2, 0) is 14.4 Å². The van der Waals surface area contributed by atoms with E-state index in [1.807, 2.05) is 6.07 Å². The van der Waals surface area contributed by atoms with Crippen LogP contribution in [0, 0.1) is 0 Å². The Morgan fingerprint density at radius 2 is 1.96 bits per heavy atom. The lowest BCUT2D eigenvalue weighted by atomic mass is 10.1. The molecule has 0 aliphatic carbocycles. The first-order chi connectivity index (χ1) is 13.0. The topological polar surface area (TPSA) is 79.8 Å². The molecule has 0 radical (unpaired) electrons. The summed E-state index contributed by atoms with van der Waals surface area (Å²) in [6.07, 6.45) is 0.569. The van der Waals surface area contributed by atoms with Crippen molar-refractivity contribution in [3.05, 3.63) is 50.6 Å². The van der Waals surface area contributed by atoms with Gasteiger partial charge >= 0.3 is 0 Å². The van der Waals surface area contributed by atoms with Gasteiger partial charge in [0.1, 0.15) is 5.71 Å². The molecule has 0 saturated carbocycles. The number of oxime groups is 1. The molecule has 2 N–H and O–H groups in total. The van der Waals surface area contributed by atoms with Crippen LogP contribution in [0.4, 0.5) is 5.69 Å². The van der Waals surface area contributed by atoms with Crippen molar-refractivity contribution in [1.82, 2.24) is 5.32 Å². The van der Waals surface area contributed by atoms with Crippen LogP contribution >= 0.6 is 34.5 Å². The highest BCUT2D eigenvalue weighted by molar-refractivity contribution is 7.18. The first-order valence-corrected chi connectivity index (χ1v) is 9.90. The molecule has 0 spiro atoms. The van der Waals surface area contributed by atoms with E-state index < -0.39 is 6.10 Å². The van der Waals surface area contributed by atoms with E-state index in [0.717, 1.165) is 10.6 Å². The molecule has 0 bridgehead atoms. The van der Waals surface area contributed by atoms with E-state index in [2.05, 4.69) is 15.8 Å². The molecule has 6 nitrogen and oxygen atoms in total. The smallest absolute Gasteiger partial charge is 0.264 e. The van der Waals surface area contributed by atoms with E-state index in [1.54, 1.807) is 30.3 Å². The van der Waals surface area contributed by atoms with E-state index in [4.69, 9.17) is 28.0 Å². The average Bonchev–Trinajstić information content (AvgIpc) is 3.29. The van der Waals surface area contributed by atoms with E-state index in [-0.39, 0.29) is 11.8 Å². The number of thiophene rings is 1. The molecular weight excluding hydrogens is 409 g/mol. The lowest BCUT2D eigenvalue weighted by Crippen LogP contribution is -2.35. The number of halogens is 2. The van der Waals surface area contributed by atoms with Gasteiger partial charge in [-0.3, -0.25) is 9.59 Å². The second-order valence-electron chi connectivity index (χ2n) is 5.89. The molecule has 3 rings (SSSR count). The van der Waals surface area contributed by atoms with Crippen LogP contribution in [0.2, 0.25) is 9.36 Å². The molecule has 1 atom stereocenters. The average molecular weight is 426 g/mol. The number of benzene rings is 1. The molecule has 142 valence electrons. The van der Waals surface area contributed by atoms with Crippen LogP contribution in [0.5, 0.6) is 0 Å². The zero-order valence-electron chi connectivity index (χ0n) is 14.2. The van der Waals surface area contributed by atoms with Gasteiger partial charge in [-0.25, -0.2) is 0 Å². The number of nitrogens with one attached hydrogen (secondary N) is 2. The number of anilines is 1. The molecule has 1 unspecified atom stereocenters. The van der Waals surface area contributed by atoms with Crippen LogP contribution < -0.4 is 10.6 Å². The Balaban J connectivity index is 1.34. The molecule has 0 fully saturated rings. The monoisotopic (exact) mass is 425 g/mol. The van der Waals surface area contributed by atoms with E-state index >= 15 is 0 Å². The summed E-state index contributed by atoms with van der Waals surface area (Å²) in [6, 6.07) is 10.5. The molecule has 1 aliphatic heterocycles. The normalized spacial score (nSPS) is 15.8. The van der Waals surface area contributed by atoms with Gasteiger partial charge in [0.25, 0.3) is 5.91 Å². The van der Waals surface area contributed by atoms with Gasteiger partial charge in [0.05, 0.1) is 9.21 Å². The van der Waals surface area contributed by atoms with Gasteiger partial charge in [-0.15, -0.1) is 11.3 Å². The second-order valence-corrected chi connectivity index (χ2v) is 8.04. The Labute approximate surface area is 170 Å². The third kappa shape index (κ3) is 5.69. The van der Waals surface area contributed by atoms with Crippen molar-refractivity contribution in [2.45, 2.75) is 25.4 Å². The largest absolute Gasteiger partial charge is 0.382 e. The summed E-state index contributed by atoms with van der Waals surface area (Å²) >= 11 is 13.1. The Kier molecular flexibility index (Phi) is 6.71.